The predicted molar refractivity (Wildman–Crippen MR) is 87.2 cm³/mol. The van der Waals surface area contributed by atoms with Crippen molar-refractivity contribution in [2.24, 2.45) is 0 Å². The van der Waals surface area contributed by atoms with Gasteiger partial charge in [0.2, 0.25) is 5.89 Å². The molecule has 0 aliphatic carbocycles. The van der Waals surface area contributed by atoms with Crippen LogP contribution >= 0.6 is 11.3 Å². The second-order valence-electron chi connectivity index (χ2n) is 5.65. The van der Waals surface area contributed by atoms with Gasteiger partial charge in [-0.25, -0.2) is 4.79 Å². The second-order valence-corrected chi connectivity index (χ2v) is 6.43. The summed E-state index contributed by atoms with van der Waals surface area (Å²) >= 11 is 1.72. The fourth-order valence-electron chi connectivity index (χ4n) is 2.71. The molecule has 0 saturated carbocycles. The molecule has 1 fully saturated rings. The first-order chi connectivity index (χ1) is 11.1. The number of aryl methyl sites for hydroxylation is 1. The summed E-state index contributed by atoms with van der Waals surface area (Å²) < 4.78 is 4.99. The van der Waals surface area contributed by atoms with Crippen LogP contribution in [-0.2, 0) is 6.54 Å². The lowest BCUT2D eigenvalue weighted by Crippen LogP contribution is -2.52. The smallest absolute Gasteiger partial charge is 0.317 e. The van der Waals surface area contributed by atoms with Crippen molar-refractivity contribution in [2.45, 2.75) is 26.4 Å². The van der Waals surface area contributed by atoms with Crippen LogP contribution in [0.25, 0.3) is 0 Å². The number of hydrogen-bond donors (Lipinski definition) is 1. The number of aromatic nitrogens is 2. The molecule has 2 amide bonds. The molecule has 2 aromatic rings. The third-order valence-electron chi connectivity index (χ3n) is 4.14. The zero-order valence-electron chi connectivity index (χ0n) is 13.4. The van der Waals surface area contributed by atoms with Crippen LogP contribution in [0.3, 0.4) is 0 Å². The van der Waals surface area contributed by atoms with Gasteiger partial charge in [0, 0.05) is 32.2 Å². The molecule has 1 saturated heterocycles. The minimum Gasteiger partial charge on any atom is -0.337 e. The van der Waals surface area contributed by atoms with Gasteiger partial charge in [-0.05, 0) is 36.2 Å². The van der Waals surface area contributed by atoms with E-state index in [1.54, 1.807) is 18.3 Å². The van der Waals surface area contributed by atoms with Gasteiger partial charge in [-0.15, -0.1) is 0 Å². The van der Waals surface area contributed by atoms with Crippen LogP contribution in [0, 0.1) is 6.92 Å². The van der Waals surface area contributed by atoms with Gasteiger partial charge in [-0.2, -0.15) is 16.3 Å². The number of hydrogen-bond acceptors (Lipinski definition) is 6. The van der Waals surface area contributed by atoms with Gasteiger partial charge in [0.05, 0.1) is 6.54 Å². The number of thiophene rings is 1. The highest BCUT2D eigenvalue weighted by atomic mass is 32.1. The summed E-state index contributed by atoms with van der Waals surface area (Å²) in [5.74, 6) is 1.01. The SMILES string of the molecule is Cc1noc(CNC(=O)N2CCN([C@H](C)c3ccsc3)CC2)n1. The minimum absolute atomic E-state index is 0.0799. The van der Waals surface area contributed by atoms with Crippen molar-refractivity contribution < 1.29 is 9.32 Å². The first kappa shape index (κ1) is 15.9. The molecular weight excluding hydrogens is 314 g/mol. The molecule has 1 N–H and O–H groups in total. The maximum atomic E-state index is 12.2. The van der Waals surface area contributed by atoms with Crippen LogP contribution in [0.2, 0.25) is 0 Å². The summed E-state index contributed by atoms with van der Waals surface area (Å²) in [5, 5.41) is 10.8. The number of piperazine rings is 1. The van der Waals surface area contributed by atoms with Crippen molar-refractivity contribution in [1.29, 1.82) is 0 Å². The van der Waals surface area contributed by atoms with E-state index in [2.05, 4.69) is 44.1 Å². The standard InChI is InChI=1S/C15H21N5O2S/c1-11(13-3-8-23-10-13)19-4-6-20(7-5-19)15(21)16-9-14-17-12(2)18-22-14/h3,8,10-11H,4-7,9H2,1-2H3,(H,16,21)/t11-/m1/s1. The zero-order chi connectivity index (χ0) is 16.2. The van der Waals surface area contributed by atoms with Crippen LogP contribution < -0.4 is 5.32 Å². The van der Waals surface area contributed by atoms with E-state index in [0.29, 0.717) is 17.8 Å². The van der Waals surface area contributed by atoms with Crippen LogP contribution in [0.4, 0.5) is 4.79 Å². The second kappa shape index (κ2) is 7.10. The third kappa shape index (κ3) is 3.89. The summed E-state index contributed by atoms with van der Waals surface area (Å²) in [7, 11) is 0. The molecule has 1 atom stereocenters. The Morgan fingerprint density at radius 2 is 2.22 bits per heavy atom. The van der Waals surface area contributed by atoms with Gasteiger partial charge < -0.3 is 14.7 Å². The molecule has 124 valence electrons. The van der Waals surface area contributed by atoms with Gasteiger partial charge in [0.15, 0.2) is 5.82 Å². The molecule has 0 unspecified atom stereocenters. The number of urea groups is 1. The largest absolute Gasteiger partial charge is 0.337 e. The van der Waals surface area contributed by atoms with Crippen molar-refractivity contribution in [3.8, 4) is 0 Å². The van der Waals surface area contributed by atoms with E-state index < -0.39 is 0 Å². The molecule has 3 heterocycles. The number of carbonyl (C=O) groups is 1. The Kier molecular flexibility index (Phi) is 4.92. The Morgan fingerprint density at radius 3 is 2.83 bits per heavy atom. The van der Waals surface area contributed by atoms with Crippen LogP contribution in [0.1, 0.15) is 30.2 Å². The van der Waals surface area contributed by atoms with Gasteiger partial charge in [-0.1, -0.05) is 5.16 Å². The van der Waals surface area contributed by atoms with E-state index in [9.17, 15) is 4.79 Å². The number of amides is 2. The first-order valence-electron chi connectivity index (χ1n) is 7.71. The van der Waals surface area contributed by atoms with Crippen molar-refractivity contribution in [3.05, 3.63) is 34.1 Å². The maximum Gasteiger partial charge on any atom is 0.317 e. The zero-order valence-corrected chi connectivity index (χ0v) is 14.2. The summed E-state index contributed by atoms with van der Waals surface area (Å²) in [6, 6.07) is 2.48. The monoisotopic (exact) mass is 335 g/mol. The minimum atomic E-state index is -0.0799. The van der Waals surface area contributed by atoms with Crippen LogP contribution in [0.5, 0.6) is 0 Å². The van der Waals surface area contributed by atoms with Crippen molar-refractivity contribution in [1.82, 2.24) is 25.3 Å². The van der Waals surface area contributed by atoms with Crippen molar-refractivity contribution in [3.63, 3.8) is 0 Å². The van der Waals surface area contributed by atoms with E-state index >= 15 is 0 Å². The van der Waals surface area contributed by atoms with Gasteiger partial charge in [0.25, 0.3) is 0 Å². The highest BCUT2D eigenvalue weighted by Gasteiger charge is 2.25. The van der Waals surface area contributed by atoms with E-state index in [4.69, 9.17) is 4.52 Å². The molecular formula is C15H21N5O2S. The molecule has 3 rings (SSSR count). The van der Waals surface area contributed by atoms with Gasteiger partial charge in [-0.3, -0.25) is 4.90 Å². The molecule has 7 nitrogen and oxygen atoms in total. The third-order valence-corrected chi connectivity index (χ3v) is 4.84. The number of carbonyl (C=O) groups excluding carboxylic acids is 1. The molecule has 1 aliphatic rings. The maximum absolute atomic E-state index is 12.2. The molecule has 0 radical (unpaired) electrons. The predicted octanol–water partition coefficient (Wildman–Crippen LogP) is 2.03. The fraction of sp³-hybridized carbons (Fsp3) is 0.533. The topological polar surface area (TPSA) is 74.5 Å². The van der Waals surface area contributed by atoms with Gasteiger partial charge in [0.1, 0.15) is 0 Å². The first-order valence-corrected chi connectivity index (χ1v) is 8.66. The summed E-state index contributed by atoms with van der Waals surface area (Å²) in [4.78, 5) is 20.5. The Labute approximate surface area is 139 Å². The van der Waals surface area contributed by atoms with E-state index in [1.165, 1.54) is 5.56 Å². The normalized spacial score (nSPS) is 17.2. The molecule has 2 aromatic heterocycles. The van der Waals surface area contributed by atoms with E-state index in [1.807, 2.05) is 4.90 Å². The fourth-order valence-corrected chi connectivity index (χ4v) is 3.46. The molecule has 8 heteroatoms. The highest BCUT2D eigenvalue weighted by Crippen LogP contribution is 2.23. The molecule has 0 bridgehead atoms. The lowest BCUT2D eigenvalue weighted by atomic mass is 10.1. The Bertz CT molecular complexity index is 634. The van der Waals surface area contributed by atoms with Crippen molar-refractivity contribution >= 4 is 17.4 Å². The molecule has 0 aromatic carbocycles. The number of nitrogens with zero attached hydrogens (tertiary/aromatic N) is 4. The van der Waals surface area contributed by atoms with E-state index in [0.717, 1.165) is 26.2 Å². The molecule has 1 aliphatic heterocycles. The lowest BCUT2D eigenvalue weighted by molar-refractivity contribution is 0.113. The lowest BCUT2D eigenvalue weighted by Gasteiger charge is -2.37. The average Bonchev–Trinajstić information content (AvgIpc) is 3.24. The van der Waals surface area contributed by atoms with E-state index in [-0.39, 0.29) is 12.6 Å². The van der Waals surface area contributed by atoms with Crippen LogP contribution in [-0.4, -0.2) is 52.2 Å². The molecule has 23 heavy (non-hydrogen) atoms. The summed E-state index contributed by atoms with van der Waals surface area (Å²) in [6.07, 6.45) is 0. The number of nitrogens with one attached hydrogen (secondary N) is 1. The summed E-state index contributed by atoms with van der Waals surface area (Å²) in [6.45, 7) is 7.45. The Balaban J connectivity index is 1.45. The number of rotatable bonds is 4. The average molecular weight is 335 g/mol. The van der Waals surface area contributed by atoms with Crippen molar-refractivity contribution in [2.75, 3.05) is 26.2 Å². The van der Waals surface area contributed by atoms with Crippen LogP contribution in [0.15, 0.2) is 21.3 Å². The Morgan fingerprint density at radius 1 is 1.43 bits per heavy atom. The molecule has 0 spiro atoms. The van der Waals surface area contributed by atoms with Gasteiger partial charge >= 0.3 is 6.03 Å². The Hall–Kier alpha value is -1.93. The summed E-state index contributed by atoms with van der Waals surface area (Å²) in [5.41, 5.74) is 1.35. The highest BCUT2D eigenvalue weighted by molar-refractivity contribution is 7.07. The quantitative estimate of drug-likeness (QED) is 0.925.